The molecule has 0 radical (unpaired) electrons. The molecule has 0 saturated carbocycles. The van der Waals surface area contributed by atoms with Crippen LogP contribution in [0.4, 0.5) is 5.69 Å². The van der Waals surface area contributed by atoms with Gasteiger partial charge in [-0.3, -0.25) is 19.7 Å². The van der Waals surface area contributed by atoms with Crippen LogP contribution in [0.5, 0.6) is 11.6 Å². The van der Waals surface area contributed by atoms with E-state index < -0.39 is 0 Å². The van der Waals surface area contributed by atoms with E-state index in [1.807, 2.05) is 72.4 Å². The van der Waals surface area contributed by atoms with Crippen LogP contribution in [0, 0.1) is 6.92 Å². The summed E-state index contributed by atoms with van der Waals surface area (Å²) in [6.07, 6.45) is 8.78. The molecule has 0 spiro atoms. The Morgan fingerprint density at radius 1 is 0.830 bits per heavy atom. The number of hydrogen-bond acceptors (Lipinski definition) is 8. The number of likely N-dealkylation sites (N-methyl/N-ethyl adjacent to an activating group) is 1. The van der Waals surface area contributed by atoms with Crippen LogP contribution < -0.4 is 10.1 Å². The van der Waals surface area contributed by atoms with Gasteiger partial charge in [0.15, 0.2) is 5.82 Å². The van der Waals surface area contributed by atoms with Crippen molar-refractivity contribution in [1.29, 1.82) is 0 Å². The minimum atomic E-state index is -0.238. The van der Waals surface area contributed by atoms with E-state index in [0.29, 0.717) is 23.0 Å². The highest BCUT2D eigenvalue weighted by molar-refractivity contribution is 6.09. The van der Waals surface area contributed by atoms with Gasteiger partial charge >= 0.3 is 0 Å². The van der Waals surface area contributed by atoms with Crippen molar-refractivity contribution in [3.05, 3.63) is 114 Å². The van der Waals surface area contributed by atoms with E-state index in [1.165, 1.54) is 5.56 Å². The molecule has 1 aliphatic heterocycles. The van der Waals surface area contributed by atoms with Crippen molar-refractivity contribution in [2.24, 2.45) is 7.05 Å². The number of amides is 1. The van der Waals surface area contributed by atoms with Crippen molar-refractivity contribution in [3.63, 3.8) is 0 Å². The Morgan fingerprint density at radius 3 is 2.28 bits per heavy atom. The van der Waals surface area contributed by atoms with Gasteiger partial charge in [0.05, 0.1) is 11.1 Å². The number of nitrogens with zero attached hydrogens (tertiary/aromatic N) is 7. The highest BCUT2D eigenvalue weighted by Gasteiger charge is 2.19. The molecule has 10 heteroatoms. The molecule has 0 bridgehead atoms. The molecule has 236 valence electrons. The lowest BCUT2D eigenvalue weighted by molar-refractivity contribution is 0.102. The first-order chi connectivity index (χ1) is 22.9. The van der Waals surface area contributed by atoms with Gasteiger partial charge in [0.2, 0.25) is 5.88 Å². The largest absolute Gasteiger partial charge is 0.437 e. The maximum Gasteiger partial charge on any atom is 0.256 e. The smallest absolute Gasteiger partial charge is 0.256 e. The predicted octanol–water partition coefficient (Wildman–Crippen LogP) is 6.19. The lowest BCUT2D eigenvalue weighted by Crippen LogP contribution is -2.43. The summed E-state index contributed by atoms with van der Waals surface area (Å²) in [4.78, 5) is 36.6. The topological polar surface area (TPSA) is 101 Å². The molecule has 1 fully saturated rings. The van der Waals surface area contributed by atoms with Crippen LogP contribution in [-0.4, -0.2) is 73.4 Å². The molecular formula is C37H36N8O2. The summed E-state index contributed by atoms with van der Waals surface area (Å²) in [6.45, 7) is 7.27. The molecule has 1 aliphatic rings. The molecular weight excluding hydrogens is 588 g/mol. The van der Waals surface area contributed by atoms with E-state index in [4.69, 9.17) is 14.7 Å². The number of rotatable bonds is 8. The van der Waals surface area contributed by atoms with E-state index in [0.717, 1.165) is 71.7 Å². The number of pyridine rings is 2. The summed E-state index contributed by atoms with van der Waals surface area (Å²) in [5, 5.41) is 3.14. The van der Waals surface area contributed by atoms with Gasteiger partial charge in [-0.05, 0) is 96.9 Å². The molecule has 0 unspecified atom stereocenters. The Kier molecular flexibility index (Phi) is 8.43. The molecule has 5 heterocycles. The third kappa shape index (κ3) is 6.60. The third-order valence-electron chi connectivity index (χ3n) is 8.66. The zero-order chi connectivity index (χ0) is 32.3. The van der Waals surface area contributed by atoms with Crippen molar-refractivity contribution < 1.29 is 9.53 Å². The summed E-state index contributed by atoms with van der Waals surface area (Å²) >= 11 is 0. The predicted molar refractivity (Wildman–Crippen MR) is 183 cm³/mol. The fourth-order valence-corrected chi connectivity index (χ4v) is 5.92. The van der Waals surface area contributed by atoms with Gasteiger partial charge in [-0.15, -0.1) is 0 Å². The third-order valence-corrected chi connectivity index (χ3v) is 8.66. The van der Waals surface area contributed by atoms with Crippen LogP contribution >= 0.6 is 0 Å². The van der Waals surface area contributed by atoms with Gasteiger partial charge < -0.3 is 19.5 Å². The lowest BCUT2D eigenvalue weighted by atomic mass is 9.99. The first-order valence-corrected chi connectivity index (χ1v) is 15.7. The quantitative estimate of drug-likeness (QED) is 0.214. The molecule has 1 amide bonds. The zero-order valence-corrected chi connectivity index (χ0v) is 26.7. The van der Waals surface area contributed by atoms with Gasteiger partial charge in [-0.1, -0.05) is 6.07 Å². The Bertz CT molecular complexity index is 2040. The van der Waals surface area contributed by atoms with Crippen molar-refractivity contribution in [3.8, 4) is 34.1 Å². The normalized spacial score (nSPS) is 13.9. The number of nitrogens with one attached hydrogen (secondary N) is 1. The number of hydrogen-bond donors (Lipinski definition) is 1. The number of aromatic nitrogens is 5. The van der Waals surface area contributed by atoms with E-state index >= 15 is 0 Å². The van der Waals surface area contributed by atoms with Crippen LogP contribution in [-0.2, 0) is 13.6 Å². The average Bonchev–Trinajstić information content (AvgIpc) is 3.48. The number of anilines is 1. The second-order valence-electron chi connectivity index (χ2n) is 12.0. The Hall–Kier alpha value is -5.45. The molecule has 2 aromatic carbocycles. The van der Waals surface area contributed by atoms with Crippen LogP contribution in [0.3, 0.4) is 0 Å². The van der Waals surface area contributed by atoms with Crippen LogP contribution in [0.25, 0.3) is 33.5 Å². The van der Waals surface area contributed by atoms with Gasteiger partial charge in [0.25, 0.3) is 5.91 Å². The summed E-state index contributed by atoms with van der Waals surface area (Å²) in [5.41, 5.74) is 7.60. The van der Waals surface area contributed by atoms with Gasteiger partial charge in [-0.25, -0.2) is 4.98 Å². The zero-order valence-electron chi connectivity index (χ0n) is 26.7. The fraction of sp³-hybridized carbons (Fsp3) is 0.216. The monoisotopic (exact) mass is 624 g/mol. The number of carbonyl (C=O) groups is 1. The van der Waals surface area contributed by atoms with Crippen LogP contribution in [0.1, 0.15) is 21.5 Å². The molecule has 1 N–H and O–H groups in total. The Labute approximate surface area is 273 Å². The van der Waals surface area contributed by atoms with Crippen molar-refractivity contribution in [2.75, 3.05) is 38.5 Å². The standard InChI is InChI=1S/C37H36N8O2/c1-25-22-29(5-4-28(25)24-45-20-18-43(2)19-21-45)40-36(46)32-23-30(6-7-31(32)26-8-13-38-14-9-26)47-37-34-33(12-17-44(34)3)41-35(42-37)27-10-15-39-16-11-27/h4-17,22-23H,18-21,24H2,1-3H3,(H,40,46). The Balaban J connectivity index is 1.19. The number of ether oxygens (including phenoxy) is 1. The maximum absolute atomic E-state index is 14.0. The molecule has 7 rings (SSSR count). The molecule has 6 aromatic rings. The first-order valence-electron chi connectivity index (χ1n) is 15.7. The highest BCUT2D eigenvalue weighted by Crippen LogP contribution is 2.34. The summed E-state index contributed by atoms with van der Waals surface area (Å²) in [6, 6.07) is 21.1. The minimum absolute atomic E-state index is 0.238. The van der Waals surface area contributed by atoms with E-state index in [2.05, 4.69) is 45.1 Å². The number of aryl methyl sites for hydroxylation is 2. The summed E-state index contributed by atoms with van der Waals surface area (Å²) in [7, 11) is 4.09. The summed E-state index contributed by atoms with van der Waals surface area (Å²) in [5.74, 6) is 1.16. The maximum atomic E-state index is 14.0. The summed E-state index contributed by atoms with van der Waals surface area (Å²) < 4.78 is 8.38. The van der Waals surface area contributed by atoms with Gasteiger partial charge in [0.1, 0.15) is 11.3 Å². The van der Waals surface area contributed by atoms with E-state index in [1.54, 1.807) is 30.9 Å². The number of benzene rings is 2. The molecule has 47 heavy (non-hydrogen) atoms. The SMILES string of the molecule is Cc1cc(NC(=O)c2cc(Oc3nc(-c4ccncc4)nc4ccn(C)c34)ccc2-c2ccncc2)ccc1CN1CCN(C)CC1. The second kappa shape index (κ2) is 13.1. The van der Waals surface area contributed by atoms with Crippen LogP contribution in [0.15, 0.2) is 97.7 Å². The minimum Gasteiger partial charge on any atom is -0.437 e. The number of fused-ring (bicyclic) bond motifs is 1. The van der Waals surface area contributed by atoms with Crippen LogP contribution in [0.2, 0.25) is 0 Å². The van der Waals surface area contributed by atoms with Crippen molar-refractivity contribution in [2.45, 2.75) is 13.5 Å². The molecule has 4 aromatic heterocycles. The first kappa shape index (κ1) is 30.2. The number of piperazine rings is 1. The van der Waals surface area contributed by atoms with Crippen molar-refractivity contribution >= 4 is 22.6 Å². The molecule has 1 saturated heterocycles. The fourth-order valence-electron chi connectivity index (χ4n) is 5.92. The van der Waals surface area contributed by atoms with E-state index in [-0.39, 0.29) is 5.91 Å². The van der Waals surface area contributed by atoms with E-state index in [9.17, 15) is 4.79 Å². The van der Waals surface area contributed by atoms with Crippen molar-refractivity contribution in [1.82, 2.24) is 34.3 Å². The average molecular weight is 625 g/mol. The Morgan fingerprint density at radius 2 is 1.55 bits per heavy atom. The number of carbonyl (C=O) groups excluding carboxylic acids is 1. The highest BCUT2D eigenvalue weighted by atomic mass is 16.5. The lowest BCUT2D eigenvalue weighted by Gasteiger charge is -2.32. The van der Waals surface area contributed by atoms with Gasteiger partial charge in [-0.2, -0.15) is 4.98 Å². The second-order valence-corrected chi connectivity index (χ2v) is 12.0. The molecule has 0 atom stereocenters. The molecule has 0 aliphatic carbocycles. The molecule has 10 nitrogen and oxygen atoms in total. The van der Waals surface area contributed by atoms with Gasteiger partial charge in [0, 0.05) is 82.0 Å².